The Morgan fingerprint density at radius 2 is 2.19 bits per heavy atom. The maximum absolute atomic E-state index is 13.2. The first-order valence-corrected chi connectivity index (χ1v) is 6.75. The fourth-order valence-electron chi connectivity index (χ4n) is 2.32. The minimum atomic E-state index is -0.327. The molecule has 2 aromatic rings. The Morgan fingerprint density at radius 1 is 1.29 bits per heavy atom. The number of hydrogen-bond donors (Lipinski definition) is 2. The molecule has 21 heavy (non-hydrogen) atoms. The summed E-state index contributed by atoms with van der Waals surface area (Å²) in [5.74, 6) is 0.712. The maximum atomic E-state index is 13.2. The van der Waals surface area contributed by atoms with Crippen LogP contribution in [-0.2, 0) is 0 Å². The van der Waals surface area contributed by atoms with Crippen molar-refractivity contribution in [3.8, 4) is 11.4 Å². The molecule has 0 radical (unpaired) electrons. The van der Waals surface area contributed by atoms with E-state index in [0.717, 1.165) is 6.42 Å². The van der Waals surface area contributed by atoms with Gasteiger partial charge in [-0.2, -0.15) is 4.98 Å². The molecule has 0 fully saturated rings. The Labute approximate surface area is 121 Å². The van der Waals surface area contributed by atoms with Gasteiger partial charge in [-0.15, -0.1) is 0 Å². The maximum Gasteiger partial charge on any atom is 0.226 e. The van der Waals surface area contributed by atoms with E-state index in [1.165, 1.54) is 18.5 Å². The van der Waals surface area contributed by atoms with Crippen LogP contribution in [0.1, 0.15) is 6.42 Å². The van der Waals surface area contributed by atoms with Crippen molar-refractivity contribution in [2.24, 2.45) is 5.92 Å². The summed E-state index contributed by atoms with van der Waals surface area (Å²) in [6.45, 7) is 0.139. The highest BCUT2D eigenvalue weighted by Gasteiger charge is 2.18. The number of aliphatic hydroxyl groups excluding tert-OH is 1. The monoisotopic (exact) mass is 286 g/mol. The Morgan fingerprint density at radius 3 is 2.95 bits per heavy atom. The summed E-state index contributed by atoms with van der Waals surface area (Å²) in [5, 5.41) is 12.3. The highest BCUT2D eigenvalue weighted by atomic mass is 19.1. The molecule has 0 spiro atoms. The molecule has 1 aromatic heterocycles. The van der Waals surface area contributed by atoms with E-state index in [9.17, 15) is 4.39 Å². The number of anilines is 1. The normalized spacial score (nSPS) is 20.7. The number of aromatic nitrogens is 3. The number of nitrogens with one attached hydrogen (secondary N) is 1. The number of halogens is 1. The third-order valence-electron chi connectivity index (χ3n) is 3.38. The van der Waals surface area contributed by atoms with Crippen LogP contribution < -0.4 is 5.32 Å². The van der Waals surface area contributed by atoms with E-state index in [4.69, 9.17) is 5.11 Å². The molecule has 1 aliphatic rings. The lowest BCUT2D eigenvalue weighted by Gasteiger charge is -2.12. The minimum Gasteiger partial charge on any atom is -0.396 e. The van der Waals surface area contributed by atoms with Gasteiger partial charge in [-0.1, -0.05) is 24.3 Å². The van der Waals surface area contributed by atoms with E-state index < -0.39 is 0 Å². The van der Waals surface area contributed by atoms with E-state index in [1.807, 2.05) is 12.2 Å². The van der Waals surface area contributed by atoms with Crippen LogP contribution in [0.5, 0.6) is 0 Å². The van der Waals surface area contributed by atoms with Crippen molar-refractivity contribution in [2.75, 3.05) is 11.9 Å². The minimum absolute atomic E-state index is 0.0879. The molecule has 6 heteroatoms. The summed E-state index contributed by atoms with van der Waals surface area (Å²) in [4.78, 5) is 12.4. The smallest absolute Gasteiger partial charge is 0.226 e. The molecular formula is C15H15FN4O. The lowest BCUT2D eigenvalue weighted by atomic mass is 10.1. The number of hydrogen-bond acceptors (Lipinski definition) is 5. The molecule has 5 nitrogen and oxygen atoms in total. The predicted octanol–water partition coefficient (Wildman–Crippen LogP) is 2.03. The Bertz CT molecular complexity index is 662. The zero-order chi connectivity index (χ0) is 14.7. The third-order valence-corrected chi connectivity index (χ3v) is 3.38. The molecule has 3 rings (SSSR count). The van der Waals surface area contributed by atoms with E-state index in [2.05, 4.69) is 20.3 Å². The van der Waals surface area contributed by atoms with Gasteiger partial charge in [0.15, 0.2) is 5.82 Å². The molecule has 0 saturated carbocycles. The third kappa shape index (κ3) is 3.22. The van der Waals surface area contributed by atoms with Gasteiger partial charge < -0.3 is 10.4 Å². The van der Waals surface area contributed by atoms with Crippen LogP contribution in [0.4, 0.5) is 10.3 Å². The molecule has 0 amide bonds. The van der Waals surface area contributed by atoms with E-state index in [1.54, 1.807) is 12.1 Å². The summed E-state index contributed by atoms with van der Waals surface area (Å²) in [6.07, 6.45) is 6.17. The second-order valence-electron chi connectivity index (χ2n) is 4.96. The summed E-state index contributed by atoms with van der Waals surface area (Å²) >= 11 is 0. The van der Waals surface area contributed by atoms with Crippen LogP contribution >= 0.6 is 0 Å². The van der Waals surface area contributed by atoms with E-state index >= 15 is 0 Å². The summed E-state index contributed by atoms with van der Waals surface area (Å²) in [5.41, 5.74) is 0.607. The molecule has 108 valence electrons. The Balaban J connectivity index is 1.76. The van der Waals surface area contributed by atoms with Crippen molar-refractivity contribution in [3.05, 3.63) is 48.6 Å². The molecule has 0 saturated heterocycles. The van der Waals surface area contributed by atoms with Crippen LogP contribution in [0.2, 0.25) is 0 Å². The van der Waals surface area contributed by atoms with Crippen molar-refractivity contribution in [2.45, 2.75) is 12.5 Å². The first-order chi connectivity index (χ1) is 10.2. The SMILES string of the molecule is OC[C@H]1C=C[C@@H](Nc2ncnc(-c3cccc(F)c3)n2)C1. The highest BCUT2D eigenvalue weighted by Crippen LogP contribution is 2.21. The molecule has 2 N–H and O–H groups in total. The van der Waals surface area contributed by atoms with Gasteiger partial charge >= 0.3 is 0 Å². The Kier molecular flexibility index (Phi) is 3.87. The van der Waals surface area contributed by atoms with Crippen LogP contribution in [0.15, 0.2) is 42.7 Å². The van der Waals surface area contributed by atoms with Gasteiger partial charge in [-0.25, -0.2) is 14.4 Å². The zero-order valence-corrected chi connectivity index (χ0v) is 11.3. The van der Waals surface area contributed by atoms with Gasteiger partial charge in [0, 0.05) is 24.1 Å². The second-order valence-corrected chi connectivity index (χ2v) is 4.96. The second kappa shape index (κ2) is 5.97. The average molecular weight is 286 g/mol. The highest BCUT2D eigenvalue weighted by molar-refractivity contribution is 5.55. The van der Waals surface area contributed by atoms with Crippen molar-refractivity contribution in [1.82, 2.24) is 15.0 Å². The van der Waals surface area contributed by atoms with Crippen molar-refractivity contribution >= 4 is 5.95 Å². The quantitative estimate of drug-likeness (QED) is 0.841. The van der Waals surface area contributed by atoms with E-state index in [0.29, 0.717) is 17.3 Å². The standard InChI is InChI=1S/C15H15FN4O/c16-12-3-1-2-11(7-12)14-17-9-18-15(20-14)19-13-5-4-10(6-13)8-21/h1-5,7,9-10,13,21H,6,8H2,(H,17,18,19,20)/t10-,13+/m0/s1. The zero-order valence-electron chi connectivity index (χ0n) is 11.3. The molecule has 0 bridgehead atoms. The molecule has 1 aromatic carbocycles. The number of aliphatic hydroxyl groups is 1. The van der Waals surface area contributed by atoms with Gasteiger partial charge in [-0.05, 0) is 18.6 Å². The van der Waals surface area contributed by atoms with Gasteiger partial charge in [0.25, 0.3) is 0 Å². The summed E-state index contributed by atoms with van der Waals surface area (Å²) < 4.78 is 13.2. The van der Waals surface area contributed by atoms with Crippen molar-refractivity contribution in [3.63, 3.8) is 0 Å². The predicted molar refractivity (Wildman–Crippen MR) is 77.0 cm³/mol. The van der Waals surface area contributed by atoms with Gasteiger partial charge in [0.2, 0.25) is 5.95 Å². The fraction of sp³-hybridized carbons (Fsp3) is 0.267. The Hall–Kier alpha value is -2.34. The van der Waals surface area contributed by atoms with Crippen LogP contribution in [0, 0.1) is 11.7 Å². The van der Waals surface area contributed by atoms with E-state index in [-0.39, 0.29) is 24.4 Å². The number of benzene rings is 1. The fourth-order valence-corrected chi connectivity index (χ4v) is 2.32. The van der Waals surface area contributed by atoms with Crippen molar-refractivity contribution < 1.29 is 9.50 Å². The lowest BCUT2D eigenvalue weighted by molar-refractivity contribution is 0.250. The van der Waals surface area contributed by atoms with Crippen molar-refractivity contribution in [1.29, 1.82) is 0 Å². The topological polar surface area (TPSA) is 70.9 Å². The van der Waals surface area contributed by atoms with Crippen LogP contribution in [0.25, 0.3) is 11.4 Å². The molecular weight excluding hydrogens is 271 g/mol. The van der Waals surface area contributed by atoms with Gasteiger partial charge in [0.1, 0.15) is 12.1 Å². The average Bonchev–Trinajstić information content (AvgIpc) is 2.95. The van der Waals surface area contributed by atoms with Crippen LogP contribution in [-0.4, -0.2) is 32.7 Å². The molecule has 0 unspecified atom stereocenters. The number of rotatable bonds is 4. The molecule has 1 aliphatic carbocycles. The summed E-state index contributed by atoms with van der Waals surface area (Å²) in [6, 6.07) is 6.22. The van der Waals surface area contributed by atoms with Gasteiger partial charge in [0.05, 0.1) is 0 Å². The first kappa shape index (κ1) is 13.6. The summed E-state index contributed by atoms with van der Waals surface area (Å²) in [7, 11) is 0. The molecule has 1 heterocycles. The van der Waals surface area contributed by atoms with Gasteiger partial charge in [-0.3, -0.25) is 0 Å². The number of nitrogens with zero attached hydrogens (tertiary/aromatic N) is 3. The lowest BCUT2D eigenvalue weighted by Crippen LogP contribution is -2.18. The molecule has 2 atom stereocenters. The first-order valence-electron chi connectivity index (χ1n) is 6.75. The van der Waals surface area contributed by atoms with Crippen LogP contribution in [0.3, 0.4) is 0 Å². The molecule has 0 aliphatic heterocycles. The largest absolute Gasteiger partial charge is 0.396 e.